The lowest BCUT2D eigenvalue weighted by Crippen LogP contribution is -2.36. The van der Waals surface area contributed by atoms with E-state index in [4.69, 9.17) is 4.74 Å². The van der Waals surface area contributed by atoms with Gasteiger partial charge in [-0.3, -0.25) is 4.79 Å². The van der Waals surface area contributed by atoms with Crippen LogP contribution < -0.4 is 10.2 Å². The summed E-state index contributed by atoms with van der Waals surface area (Å²) in [6.45, 7) is 4.40. The summed E-state index contributed by atoms with van der Waals surface area (Å²) in [5, 5.41) is 3.10. The minimum Gasteiger partial charge on any atom is -0.378 e. The van der Waals surface area contributed by atoms with Crippen molar-refractivity contribution in [2.45, 2.75) is 19.3 Å². The number of hydrogen-bond acceptors (Lipinski definition) is 4. The van der Waals surface area contributed by atoms with Crippen LogP contribution in [0, 0.1) is 0 Å². The average Bonchev–Trinajstić information content (AvgIpc) is 2.52. The van der Waals surface area contributed by atoms with Gasteiger partial charge in [0.1, 0.15) is 0 Å². The van der Waals surface area contributed by atoms with Gasteiger partial charge in [0.05, 0.1) is 13.2 Å². The van der Waals surface area contributed by atoms with E-state index in [1.54, 1.807) is 0 Å². The number of nitrogens with one attached hydrogen (secondary N) is 1. The molecule has 0 atom stereocenters. The highest BCUT2D eigenvalue weighted by molar-refractivity contribution is 5.96. The smallest absolute Gasteiger partial charge is 0.162 e. The molecule has 1 heterocycles. The van der Waals surface area contributed by atoms with E-state index in [1.807, 2.05) is 31.3 Å². The number of ketones is 1. The number of anilines is 1. The lowest BCUT2D eigenvalue weighted by atomic mass is 10.0. The zero-order valence-corrected chi connectivity index (χ0v) is 12.2. The first-order valence-electron chi connectivity index (χ1n) is 7.42. The van der Waals surface area contributed by atoms with Crippen LogP contribution in [0.15, 0.2) is 24.3 Å². The number of rotatable bonds is 7. The van der Waals surface area contributed by atoms with Gasteiger partial charge in [-0.2, -0.15) is 0 Å². The summed E-state index contributed by atoms with van der Waals surface area (Å²) in [5.74, 6) is 0.245. The number of ether oxygens (including phenoxy) is 1. The third-order valence-electron chi connectivity index (χ3n) is 3.65. The van der Waals surface area contributed by atoms with Gasteiger partial charge in [-0.05, 0) is 50.7 Å². The quantitative estimate of drug-likeness (QED) is 0.611. The molecule has 4 nitrogen and oxygen atoms in total. The van der Waals surface area contributed by atoms with Gasteiger partial charge < -0.3 is 15.0 Å². The number of benzene rings is 1. The molecule has 1 saturated heterocycles. The molecule has 0 aromatic heterocycles. The molecule has 0 saturated carbocycles. The fourth-order valence-corrected chi connectivity index (χ4v) is 2.41. The third-order valence-corrected chi connectivity index (χ3v) is 3.65. The molecule has 0 spiro atoms. The Bertz CT molecular complexity index is 411. The van der Waals surface area contributed by atoms with Crippen molar-refractivity contribution < 1.29 is 9.53 Å². The van der Waals surface area contributed by atoms with Crippen molar-refractivity contribution in [2.24, 2.45) is 0 Å². The van der Waals surface area contributed by atoms with Gasteiger partial charge in [0.25, 0.3) is 0 Å². The summed E-state index contributed by atoms with van der Waals surface area (Å²) >= 11 is 0. The van der Waals surface area contributed by atoms with Crippen LogP contribution in [0.1, 0.15) is 29.6 Å². The van der Waals surface area contributed by atoms with Crippen LogP contribution >= 0.6 is 0 Å². The molecule has 0 unspecified atom stereocenters. The van der Waals surface area contributed by atoms with Crippen LogP contribution in [0.5, 0.6) is 0 Å². The van der Waals surface area contributed by atoms with E-state index in [0.717, 1.165) is 51.3 Å². The first-order valence-corrected chi connectivity index (χ1v) is 7.42. The maximum Gasteiger partial charge on any atom is 0.162 e. The monoisotopic (exact) mass is 276 g/mol. The average molecular weight is 276 g/mol. The molecule has 1 aromatic carbocycles. The van der Waals surface area contributed by atoms with E-state index in [2.05, 4.69) is 10.2 Å². The van der Waals surface area contributed by atoms with Crippen molar-refractivity contribution in [3.8, 4) is 0 Å². The van der Waals surface area contributed by atoms with Crippen LogP contribution in [0.3, 0.4) is 0 Å². The molecular formula is C16H24N2O2. The molecule has 0 bridgehead atoms. The fourth-order valence-electron chi connectivity index (χ4n) is 2.41. The first-order chi connectivity index (χ1) is 9.81. The van der Waals surface area contributed by atoms with Gasteiger partial charge in [-0.15, -0.1) is 0 Å². The molecule has 4 heteroatoms. The number of Topliss-reactive ketones (excluding diaryl/α,β-unsaturated/α-hetero) is 1. The van der Waals surface area contributed by atoms with Crippen molar-refractivity contribution in [3.05, 3.63) is 29.8 Å². The molecule has 110 valence electrons. The zero-order valence-electron chi connectivity index (χ0n) is 12.2. The minimum atomic E-state index is 0.245. The molecular weight excluding hydrogens is 252 g/mol. The van der Waals surface area contributed by atoms with E-state index in [-0.39, 0.29) is 5.78 Å². The van der Waals surface area contributed by atoms with Gasteiger partial charge in [0, 0.05) is 30.8 Å². The van der Waals surface area contributed by atoms with Gasteiger partial charge >= 0.3 is 0 Å². The molecule has 1 aliphatic rings. The van der Waals surface area contributed by atoms with Crippen molar-refractivity contribution in [1.82, 2.24) is 5.32 Å². The van der Waals surface area contributed by atoms with E-state index in [0.29, 0.717) is 6.42 Å². The molecule has 0 amide bonds. The summed E-state index contributed by atoms with van der Waals surface area (Å²) in [6.07, 6.45) is 2.64. The molecule has 1 aromatic rings. The first kappa shape index (κ1) is 15.0. The molecule has 1 N–H and O–H groups in total. The summed E-state index contributed by atoms with van der Waals surface area (Å²) in [6, 6.07) is 7.99. The van der Waals surface area contributed by atoms with Crippen molar-refractivity contribution in [2.75, 3.05) is 44.8 Å². The van der Waals surface area contributed by atoms with Gasteiger partial charge in [0.15, 0.2) is 5.78 Å². The lowest BCUT2D eigenvalue weighted by Gasteiger charge is -2.28. The van der Waals surface area contributed by atoms with Crippen LogP contribution in [0.25, 0.3) is 0 Å². The summed E-state index contributed by atoms with van der Waals surface area (Å²) in [5.41, 5.74) is 2.01. The Morgan fingerprint density at radius 2 is 1.90 bits per heavy atom. The summed E-state index contributed by atoms with van der Waals surface area (Å²) in [7, 11) is 1.94. The van der Waals surface area contributed by atoms with Gasteiger partial charge in [0.2, 0.25) is 0 Å². The Kier molecular flexibility index (Phi) is 6.02. The predicted octanol–water partition coefficient (Wildman–Crippen LogP) is 2.10. The lowest BCUT2D eigenvalue weighted by molar-refractivity contribution is 0.0979. The van der Waals surface area contributed by atoms with Crippen molar-refractivity contribution in [1.29, 1.82) is 0 Å². The second-order valence-corrected chi connectivity index (χ2v) is 5.13. The van der Waals surface area contributed by atoms with Crippen molar-refractivity contribution in [3.63, 3.8) is 0 Å². The molecule has 0 radical (unpaired) electrons. The van der Waals surface area contributed by atoms with Crippen molar-refractivity contribution >= 4 is 11.5 Å². The Labute approximate surface area is 121 Å². The highest BCUT2D eigenvalue weighted by atomic mass is 16.5. The number of morpholine rings is 1. The number of hydrogen-bond donors (Lipinski definition) is 1. The Balaban J connectivity index is 1.85. The fraction of sp³-hybridized carbons (Fsp3) is 0.562. The number of nitrogens with zero attached hydrogens (tertiary/aromatic N) is 1. The highest BCUT2D eigenvalue weighted by Gasteiger charge is 2.12. The van der Waals surface area contributed by atoms with E-state index in [9.17, 15) is 4.79 Å². The van der Waals surface area contributed by atoms with Crippen LogP contribution in [0.2, 0.25) is 0 Å². The Morgan fingerprint density at radius 1 is 1.20 bits per heavy atom. The standard InChI is InChI=1S/C16H24N2O2/c1-17-9-3-2-4-16(19)14-5-7-15(8-6-14)18-10-12-20-13-11-18/h5-8,17H,2-4,9-13H2,1H3. The summed E-state index contributed by atoms with van der Waals surface area (Å²) in [4.78, 5) is 14.3. The summed E-state index contributed by atoms with van der Waals surface area (Å²) < 4.78 is 5.35. The SMILES string of the molecule is CNCCCCC(=O)c1ccc(N2CCOCC2)cc1. The minimum absolute atomic E-state index is 0.245. The van der Waals surface area contributed by atoms with E-state index in [1.165, 1.54) is 5.69 Å². The van der Waals surface area contributed by atoms with Gasteiger partial charge in [-0.1, -0.05) is 0 Å². The van der Waals surface area contributed by atoms with Gasteiger partial charge in [-0.25, -0.2) is 0 Å². The largest absolute Gasteiger partial charge is 0.378 e. The Morgan fingerprint density at radius 3 is 2.55 bits per heavy atom. The zero-order chi connectivity index (χ0) is 14.2. The molecule has 1 aliphatic heterocycles. The van der Waals surface area contributed by atoms with Crippen LogP contribution in [-0.4, -0.2) is 45.7 Å². The van der Waals surface area contributed by atoms with Crippen LogP contribution in [-0.2, 0) is 4.74 Å². The topological polar surface area (TPSA) is 41.6 Å². The highest BCUT2D eigenvalue weighted by Crippen LogP contribution is 2.17. The normalized spacial score (nSPS) is 15.3. The maximum atomic E-state index is 12.0. The second-order valence-electron chi connectivity index (χ2n) is 5.13. The maximum absolute atomic E-state index is 12.0. The molecule has 2 rings (SSSR count). The number of unbranched alkanes of at least 4 members (excludes halogenated alkanes) is 1. The Hall–Kier alpha value is -1.39. The molecule has 0 aliphatic carbocycles. The molecule has 1 fully saturated rings. The second kappa shape index (κ2) is 8.02. The molecule has 20 heavy (non-hydrogen) atoms. The van der Waals surface area contributed by atoms with E-state index >= 15 is 0 Å². The number of carbonyl (C=O) groups is 1. The van der Waals surface area contributed by atoms with E-state index < -0.39 is 0 Å². The van der Waals surface area contributed by atoms with Crippen LogP contribution in [0.4, 0.5) is 5.69 Å². The third kappa shape index (κ3) is 4.32. The number of carbonyl (C=O) groups excluding carboxylic acids is 1. The predicted molar refractivity (Wildman–Crippen MR) is 81.6 cm³/mol.